The van der Waals surface area contributed by atoms with Gasteiger partial charge in [-0.05, 0) is 25.8 Å². The van der Waals surface area contributed by atoms with Crippen LogP contribution in [0.25, 0.3) is 0 Å². The summed E-state index contributed by atoms with van der Waals surface area (Å²) in [5.74, 6) is 0.575. The molecule has 2 aliphatic rings. The number of hydrogen-bond donors (Lipinski definition) is 0. The minimum absolute atomic E-state index is 0.0898. The summed E-state index contributed by atoms with van der Waals surface area (Å²) in [4.78, 5) is 0. The van der Waals surface area contributed by atoms with E-state index in [2.05, 4.69) is 6.92 Å². The van der Waals surface area contributed by atoms with Crippen LogP contribution >= 0.6 is 0 Å². The maximum atomic E-state index is 5.99. The molecule has 15 heavy (non-hydrogen) atoms. The Kier molecular flexibility index (Phi) is 1.99. The van der Waals surface area contributed by atoms with Crippen LogP contribution in [0.1, 0.15) is 37.4 Å². The van der Waals surface area contributed by atoms with Gasteiger partial charge < -0.3 is 9.47 Å². The molecule has 1 heterocycles. The maximum Gasteiger partial charge on any atom is 0.211 e. The fraction of sp³-hybridized carbons (Fsp3) is 0.462. The minimum atomic E-state index is -0.374. The first-order valence-corrected chi connectivity index (χ1v) is 5.58. The number of hydrogen-bond acceptors (Lipinski definition) is 2. The summed E-state index contributed by atoms with van der Waals surface area (Å²) in [6, 6.07) is 8.03. The molecular formula is C13H15O2. The molecule has 1 aromatic rings. The quantitative estimate of drug-likeness (QED) is 0.644. The molecule has 0 aromatic heterocycles. The summed E-state index contributed by atoms with van der Waals surface area (Å²) < 4.78 is 11.9. The van der Waals surface area contributed by atoms with Crippen molar-refractivity contribution in [2.45, 2.75) is 37.6 Å². The van der Waals surface area contributed by atoms with Crippen LogP contribution in [0, 0.1) is 6.92 Å². The van der Waals surface area contributed by atoms with Crippen molar-refractivity contribution >= 4 is 0 Å². The Hall–Kier alpha value is -1.02. The third-order valence-electron chi connectivity index (χ3n) is 3.28. The van der Waals surface area contributed by atoms with Crippen LogP contribution in [0.4, 0.5) is 0 Å². The van der Waals surface area contributed by atoms with Crippen molar-refractivity contribution in [2.75, 3.05) is 0 Å². The summed E-state index contributed by atoms with van der Waals surface area (Å²) in [7, 11) is 0. The van der Waals surface area contributed by atoms with E-state index in [1.807, 2.05) is 24.3 Å². The average Bonchev–Trinajstić information content (AvgIpc) is 2.66. The third-order valence-corrected chi connectivity index (χ3v) is 3.28. The van der Waals surface area contributed by atoms with Crippen molar-refractivity contribution in [3.63, 3.8) is 0 Å². The summed E-state index contributed by atoms with van der Waals surface area (Å²) in [6.07, 6.45) is 4.28. The van der Waals surface area contributed by atoms with Crippen LogP contribution in [-0.2, 0) is 4.74 Å². The second kappa shape index (κ2) is 3.24. The molecule has 1 aliphatic heterocycles. The Morgan fingerprint density at radius 3 is 2.73 bits per heavy atom. The van der Waals surface area contributed by atoms with E-state index in [4.69, 9.17) is 9.47 Å². The molecule has 0 unspecified atom stereocenters. The Morgan fingerprint density at radius 1 is 1.20 bits per heavy atom. The number of benzene rings is 1. The van der Waals surface area contributed by atoms with E-state index >= 15 is 0 Å². The van der Waals surface area contributed by atoms with Gasteiger partial charge in [-0.25, -0.2) is 0 Å². The van der Waals surface area contributed by atoms with Gasteiger partial charge in [-0.2, -0.15) is 0 Å². The second-order valence-electron chi connectivity index (χ2n) is 4.36. The molecular weight excluding hydrogens is 188 g/mol. The smallest absolute Gasteiger partial charge is 0.211 e. The Bertz CT molecular complexity index is 367. The topological polar surface area (TPSA) is 18.5 Å². The Morgan fingerprint density at radius 2 is 1.93 bits per heavy atom. The van der Waals surface area contributed by atoms with Gasteiger partial charge in [0.05, 0.1) is 6.10 Å². The van der Waals surface area contributed by atoms with Crippen molar-refractivity contribution in [1.82, 2.24) is 0 Å². The van der Waals surface area contributed by atoms with Gasteiger partial charge >= 0.3 is 0 Å². The highest BCUT2D eigenvalue weighted by atomic mass is 16.7. The molecule has 2 nitrogen and oxygen atoms in total. The van der Waals surface area contributed by atoms with Gasteiger partial charge in [-0.1, -0.05) is 18.2 Å². The first-order valence-electron chi connectivity index (χ1n) is 5.58. The molecule has 1 radical (unpaired) electrons. The van der Waals surface area contributed by atoms with Crippen molar-refractivity contribution in [2.24, 2.45) is 0 Å². The molecule has 1 fully saturated rings. The largest absolute Gasteiger partial charge is 0.462 e. The second-order valence-corrected chi connectivity index (χ2v) is 4.36. The summed E-state index contributed by atoms with van der Waals surface area (Å²) in [6.45, 7) is 4.06. The molecule has 1 saturated carbocycles. The zero-order chi connectivity index (χ0) is 10.3. The summed E-state index contributed by atoms with van der Waals surface area (Å²) >= 11 is 0. The highest BCUT2D eigenvalue weighted by Gasteiger charge is 2.42. The Balaban J connectivity index is 1.98. The van der Waals surface area contributed by atoms with E-state index in [0.717, 1.165) is 24.2 Å². The molecule has 3 rings (SSSR count). The van der Waals surface area contributed by atoms with Gasteiger partial charge in [0.25, 0.3) is 0 Å². The van der Waals surface area contributed by atoms with E-state index in [1.165, 1.54) is 12.8 Å². The first kappa shape index (κ1) is 9.22. The first-order chi connectivity index (χ1) is 7.29. The van der Waals surface area contributed by atoms with Crippen LogP contribution in [-0.4, -0.2) is 5.79 Å². The van der Waals surface area contributed by atoms with Crippen molar-refractivity contribution in [3.05, 3.63) is 36.8 Å². The van der Waals surface area contributed by atoms with Gasteiger partial charge in [0.1, 0.15) is 5.75 Å². The lowest BCUT2D eigenvalue weighted by atomic mass is 10.1. The molecule has 2 heteroatoms. The van der Waals surface area contributed by atoms with Crippen molar-refractivity contribution in [1.29, 1.82) is 0 Å². The normalized spacial score (nSPS) is 27.4. The van der Waals surface area contributed by atoms with Crippen LogP contribution in [0.5, 0.6) is 5.75 Å². The van der Waals surface area contributed by atoms with E-state index < -0.39 is 0 Å². The van der Waals surface area contributed by atoms with Gasteiger partial charge in [0.2, 0.25) is 5.79 Å². The van der Waals surface area contributed by atoms with Crippen molar-refractivity contribution in [3.8, 4) is 5.75 Å². The standard InChI is InChI=1S/C13H15O2/c1-10-11-6-2-3-7-12(11)15-13(14-10)8-4-5-9-13/h2-3,6-7,10H,1,4-5,8-9H2/t10-/m1/s1. The van der Waals surface area contributed by atoms with Gasteiger partial charge in [0.15, 0.2) is 0 Å². The molecule has 1 atom stereocenters. The maximum absolute atomic E-state index is 5.99. The van der Waals surface area contributed by atoms with E-state index in [1.54, 1.807) is 0 Å². The fourth-order valence-electron chi connectivity index (χ4n) is 2.52. The molecule has 0 bridgehead atoms. The molecule has 79 valence electrons. The monoisotopic (exact) mass is 203 g/mol. The van der Waals surface area contributed by atoms with Crippen LogP contribution in [0.15, 0.2) is 24.3 Å². The molecule has 0 N–H and O–H groups in total. The summed E-state index contributed by atoms with van der Waals surface area (Å²) in [5, 5.41) is 0. The van der Waals surface area contributed by atoms with E-state index in [0.29, 0.717) is 0 Å². The number of para-hydroxylation sites is 1. The average molecular weight is 203 g/mol. The zero-order valence-electron chi connectivity index (χ0n) is 8.74. The Labute approximate surface area is 90.2 Å². The van der Waals surface area contributed by atoms with E-state index in [9.17, 15) is 0 Å². The number of ether oxygens (including phenoxy) is 2. The highest BCUT2D eigenvalue weighted by molar-refractivity contribution is 5.37. The fourth-order valence-corrected chi connectivity index (χ4v) is 2.52. The predicted molar refractivity (Wildman–Crippen MR) is 57.5 cm³/mol. The molecule has 0 saturated heterocycles. The molecule has 1 spiro atoms. The third kappa shape index (κ3) is 1.44. The zero-order valence-corrected chi connectivity index (χ0v) is 8.74. The molecule has 1 aromatic carbocycles. The lowest BCUT2D eigenvalue weighted by Gasteiger charge is -2.38. The SMILES string of the molecule is [CH2][C@H]1OC2(CCCC2)Oc2ccccc21. The number of rotatable bonds is 0. The van der Waals surface area contributed by atoms with Crippen LogP contribution in [0.2, 0.25) is 0 Å². The van der Waals surface area contributed by atoms with Gasteiger partial charge in [-0.15, -0.1) is 0 Å². The van der Waals surface area contributed by atoms with Crippen LogP contribution in [0.3, 0.4) is 0 Å². The molecule has 1 aliphatic carbocycles. The lowest BCUT2D eigenvalue weighted by Crippen LogP contribution is -2.40. The predicted octanol–water partition coefficient (Wildman–Crippen LogP) is 3.24. The number of fused-ring (bicyclic) bond motifs is 1. The van der Waals surface area contributed by atoms with Crippen molar-refractivity contribution < 1.29 is 9.47 Å². The van der Waals surface area contributed by atoms with Gasteiger partial charge in [0, 0.05) is 18.4 Å². The molecule has 0 amide bonds. The van der Waals surface area contributed by atoms with Gasteiger partial charge in [-0.3, -0.25) is 0 Å². The van der Waals surface area contributed by atoms with Crippen LogP contribution < -0.4 is 4.74 Å². The summed E-state index contributed by atoms with van der Waals surface area (Å²) in [5.41, 5.74) is 1.06. The minimum Gasteiger partial charge on any atom is -0.462 e. The van der Waals surface area contributed by atoms with E-state index in [-0.39, 0.29) is 11.9 Å². The highest BCUT2D eigenvalue weighted by Crippen LogP contribution is 2.45. The lowest BCUT2D eigenvalue weighted by molar-refractivity contribution is -0.214.